The van der Waals surface area contributed by atoms with Crippen molar-refractivity contribution in [3.63, 3.8) is 0 Å². The summed E-state index contributed by atoms with van der Waals surface area (Å²) in [5.41, 5.74) is 1.20. The van der Waals surface area contributed by atoms with Gasteiger partial charge in [0, 0.05) is 32.4 Å². The minimum absolute atomic E-state index is 0.505. The van der Waals surface area contributed by atoms with Crippen LogP contribution in [0.1, 0.15) is 64.6 Å². The second-order valence-corrected chi connectivity index (χ2v) is 5.75. The zero-order chi connectivity index (χ0) is 15.5. The van der Waals surface area contributed by atoms with Crippen molar-refractivity contribution in [3.8, 4) is 0 Å². The number of nitrogens with one attached hydrogen (secondary N) is 1. The van der Waals surface area contributed by atoms with Crippen molar-refractivity contribution in [3.05, 3.63) is 18.0 Å². The monoisotopic (exact) mass is 295 g/mol. The third kappa shape index (κ3) is 6.62. The highest BCUT2D eigenvalue weighted by atomic mass is 16.5. The maximum absolute atomic E-state index is 5.16. The molecule has 1 atom stereocenters. The van der Waals surface area contributed by atoms with Gasteiger partial charge in [0.2, 0.25) is 0 Å². The van der Waals surface area contributed by atoms with E-state index in [1.54, 1.807) is 7.11 Å². The first-order valence-electron chi connectivity index (χ1n) is 8.51. The highest BCUT2D eigenvalue weighted by Gasteiger charge is 2.13. The van der Waals surface area contributed by atoms with Crippen LogP contribution < -0.4 is 5.32 Å². The van der Waals surface area contributed by atoms with E-state index in [2.05, 4.69) is 43.0 Å². The second-order valence-electron chi connectivity index (χ2n) is 5.75. The first-order chi connectivity index (χ1) is 10.2. The van der Waals surface area contributed by atoms with Gasteiger partial charge in [0.1, 0.15) is 0 Å². The highest BCUT2D eigenvalue weighted by Crippen LogP contribution is 2.15. The van der Waals surface area contributed by atoms with E-state index in [4.69, 9.17) is 9.84 Å². The molecule has 21 heavy (non-hydrogen) atoms. The molecule has 4 heteroatoms. The topological polar surface area (TPSA) is 39.1 Å². The van der Waals surface area contributed by atoms with E-state index in [1.165, 1.54) is 12.1 Å². The standard InChI is InChI=1S/C17H33N3O/c1-5-11-18-15(9-8-13-21-4)14-16-10-12-20(19-16)17(6-2)7-3/h10,12,15,17-18H,5-9,11,13-14H2,1-4H3. The van der Waals surface area contributed by atoms with Crippen LogP contribution in [-0.2, 0) is 11.2 Å². The molecule has 1 rings (SSSR count). The molecule has 0 fully saturated rings. The highest BCUT2D eigenvalue weighted by molar-refractivity contribution is 5.02. The van der Waals surface area contributed by atoms with E-state index < -0.39 is 0 Å². The zero-order valence-electron chi connectivity index (χ0n) is 14.3. The molecule has 1 aromatic rings. The summed E-state index contributed by atoms with van der Waals surface area (Å²) in [7, 11) is 1.77. The molecule has 0 spiro atoms. The van der Waals surface area contributed by atoms with Crippen LogP contribution in [0.4, 0.5) is 0 Å². The maximum Gasteiger partial charge on any atom is 0.0640 e. The van der Waals surface area contributed by atoms with Crippen LogP contribution in [0.3, 0.4) is 0 Å². The third-order valence-electron chi connectivity index (χ3n) is 4.02. The summed E-state index contributed by atoms with van der Waals surface area (Å²) in [6.45, 7) is 8.58. The summed E-state index contributed by atoms with van der Waals surface area (Å²) in [6.07, 6.45) is 8.85. The Morgan fingerprint density at radius 1 is 1.29 bits per heavy atom. The Hall–Kier alpha value is -0.870. The molecule has 1 heterocycles. The summed E-state index contributed by atoms with van der Waals surface area (Å²) in [5, 5.41) is 8.41. The Kier molecular flexibility index (Phi) is 9.35. The molecule has 1 aromatic heterocycles. The van der Waals surface area contributed by atoms with Crippen molar-refractivity contribution in [2.75, 3.05) is 20.3 Å². The molecule has 0 bridgehead atoms. The largest absolute Gasteiger partial charge is 0.385 e. The van der Waals surface area contributed by atoms with Gasteiger partial charge in [0.05, 0.1) is 11.7 Å². The Morgan fingerprint density at radius 3 is 2.67 bits per heavy atom. The van der Waals surface area contributed by atoms with Crippen LogP contribution in [0.2, 0.25) is 0 Å². The maximum atomic E-state index is 5.16. The van der Waals surface area contributed by atoms with Crippen molar-refractivity contribution in [2.24, 2.45) is 0 Å². The van der Waals surface area contributed by atoms with E-state index in [1.807, 2.05) is 0 Å². The van der Waals surface area contributed by atoms with Gasteiger partial charge in [-0.3, -0.25) is 4.68 Å². The number of ether oxygens (including phenoxy) is 1. The van der Waals surface area contributed by atoms with Crippen molar-refractivity contribution in [1.82, 2.24) is 15.1 Å². The van der Waals surface area contributed by atoms with Crippen molar-refractivity contribution >= 4 is 0 Å². The fourth-order valence-corrected chi connectivity index (χ4v) is 2.70. The van der Waals surface area contributed by atoms with Gasteiger partial charge in [-0.25, -0.2) is 0 Å². The summed E-state index contributed by atoms with van der Waals surface area (Å²) >= 11 is 0. The molecule has 0 saturated heterocycles. The lowest BCUT2D eigenvalue weighted by atomic mass is 10.1. The molecule has 1 N–H and O–H groups in total. The fourth-order valence-electron chi connectivity index (χ4n) is 2.70. The summed E-state index contributed by atoms with van der Waals surface area (Å²) < 4.78 is 7.30. The number of rotatable bonds is 12. The molecule has 0 radical (unpaired) electrons. The molecule has 1 unspecified atom stereocenters. The number of hydrogen-bond acceptors (Lipinski definition) is 3. The number of hydrogen-bond donors (Lipinski definition) is 1. The van der Waals surface area contributed by atoms with Gasteiger partial charge in [-0.15, -0.1) is 0 Å². The van der Waals surface area contributed by atoms with Gasteiger partial charge >= 0.3 is 0 Å². The van der Waals surface area contributed by atoms with Crippen LogP contribution in [0.5, 0.6) is 0 Å². The summed E-state index contributed by atoms with van der Waals surface area (Å²) in [5.74, 6) is 0. The lowest BCUT2D eigenvalue weighted by molar-refractivity contribution is 0.188. The van der Waals surface area contributed by atoms with E-state index in [0.717, 1.165) is 45.3 Å². The van der Waals surface area contributed by atoms with Gasteiger partial charge < -0.3 is 10.1 Å². The van der Waals surface area contributed by atoms with E-state index in [9.17, 15) is 0 Å². The van der Waals surface area contributed by atoms with Gasteiger partial charge in [-0.05, 0) is 44.7 Å². The predicted octanol–water partition coefficient (Wildman–Crippen LogP) is 3.58. The number of methoxy groups -OCH3 is 1. The molecular weight excluding hydrogens is 262 g/mol. The predicted molar refractivity (Wildman–Crippen MR) is 88.7 cm³/mol. The first-order valence-corrected chi connectivity index (χ1v) is 8.51. The summed E-state index contributed by atoms with van der Waals surface area (Å²) in [6, 6.07) is 3.22. The third-order valence-corrected chi connectivity index (χ3v) is 4.02. The molecule has 0 aromatic carbocycles. The molecule has 122 valence electrons. The van der Waals surface area contributed by atoms with Crippen molar-refractivity contribution < 1.29 is 4.74 Å². The Morgan fingerprint density at radius 2 is 2.05 bits per heavy atom. The van der Waals surface area contributed by atoms with Crippen molar-refractivity contribution in [1.29, 1.82) is 0 Å². The molecular formula is C17H33N3O. The lowest BCUT2D eigenvalue weighted by Crippen LogP contribution is -2.32. The molecule has 0 amide bonds. The average molecular weight is 295 g/mol. The van der Waals surface area contributed by atoms with Crippen LogP contribution in [-0.4, -0.2) is 36.1 Å². The smallest absolute Gasteiger partial charge is 0.0640 e. The van der Waals surface area contributed by atoms with E-state index >= 15 is 0 Å². The van der Waals surface area contributed by atoms with Gasteiger partial charge in [-0.2, -0.15) is 5.10 Å². The van der Waals surface area contributed by atoms with Crippen LogP contribution in [0.25, 0.3) is 0 Å². The van der Waals surface area contributed by atoms with Crippen LogP contribution in [0.15, 0.2) is 12.3 Å². The minimum Gasteiger partial charge on any atom is -0.385 e. The first kappa shape index (κ1) is 18.2. The van der Waals surface area contributed by atoms with Gasteiger partial charge in [-0.1, -0.05) is 20.8 Å². The van der Waals surface area contributed by atoms with Crippen LogP contribution in [0, 0.1) is 0 Å². The number of nitrogens with zero attached hydrogens (tertiary/aromatic N) is 2. The zero-order valence-corrected chi connectivity index (χ0v) is 14.3. The quantitative estimate of drug-likeness (QED) is 0.599. The van der Waals surface area contributed by atoms with Crippen molar-refractivity contribution in [2.45, 2.75) is 71.4 Å². The Bertz CT molecular complexity index is 361. The van der Waals surface area contributed by atoms with Gasteiger partial charge in [0.15, 0.2) is 0 Å². The molecule has 0 saturated carbocycles. The molecule has 0 aliphatic heterocycles. The summed E-state index contributed by atoms with van der Waals surface area (Å²) in [4.78, 5) is 0. The second kappa shape index (κ2) is 10.8. The molecule has 0 aliphatic carbocycles. The normalized spacial score (nSPS) is 13.0. The number of aromatic nitrogens is 2. The van der Waals surface area contributed by atoms with E-state index in [0.29, 0.717) is 12.1 Å². The van der Waals surface area contributed by atoms with Crippen LogP contribution >= 0.6 is 0 Å². The molecule has 0 aliphatic rings. The fraction of sp³-hybridized carbons (Fsp3) is 0.824. The SMILES string of the molecule is CCCNC(CCCOC)Cc1ccn(C(CC)CC)n1. The van der Waals surface area contributed by atoms with E-state index in [-0.39, 0.29) is 0 Å². The average Bonchev–Trinajstić information content (AvgIpc) is 2.94. The minimum atomic E-state index is 0.505. The Labute approximate surface area is 130 Å². The Balaban J connectivity index is 2.56. The van der Waals surface area contributed by atoms with Gasteiger partial charge in [0.25, 0.3) is 0 Å². The lowest BCUT2D eigenvalue weighted by Gasteiger charge is -2.17. The molecule has 4 nitrogen and oxygen atoms in total.